The molecule has 1 saturated carbocycles. The molecule has 4 rings (SSSR count). The van der Waals surface area contributed by atoms with Gasteiger partial charge in [-0.25, -0.2) is 5.43 Å². The van der Waals surface area contributed by atoms with Crippen molar-refractivity contribution in [2.24, 2.45) is 11.0 Å². The van der Waals surface area contributed by atoms with Crippen molar-refractivity contribution in [3.8, 4) is 0 Å². The maximum absolute atomic E-state index is 12.4. The van der Waals surface area contributed by atoms with Crippen LogP contribution in [-0.4, -0.2) is 17.1 Å². The molecule has 1 amide bonds. The van der Waals surface area contributed by atoms with Gasteiger partial charge < -0.3 is 4.98 Å². The molecule has 0 aliphatic heterocycles. The Balaban J connectivity index is 1.36. The third-order valence-corrected chi connectivity index (χ3v) is 5.33. The smallest absolute Gasteiger partial charge is 0.243 e. The quantitative estimate of drug-likeness (QED) is 0.514. The lowest BCUT2D eigenvalue weighted by Crippen LogP contribution is -2.20. The molecular weight excluding hydrogens is 334 g/mol. The van der Waals surface area contributed by atoms with E-state index in [1.165, 1.54) is 11.1 Å². The van der Waals surface area contributed by atoms with Gasteiger partial charge in [0.15, 0.2) is 0 Å². The van der Waals surface area contributed by atoms with E-state index in [0.717, 1.165) is 22.9 Å². The van der Waals surface area contributed by atoms with Gasteiger partial charge in [-0.05, 0) is 34.9 Å². The normalized spacial score (nSPS) is 19.5. The number of hydrogen-bond acceptors (Lipinski definition) is 2. The van der Waals surface area contributed by atoms with Crippen LogP contribution in [0.2, 0.25) is 0 Å². The average molecular weight is 359 g/mol. The number of para-hydroxylation sites is 1. The van der Waals surface area contributed by atoms with Crippen molar-refractivity contribution in [3.63, 3.8) is 0 Å². The summed E-state index contributed by atoms with van der Waals surface area (Å²) in [6.45, 7) is 6.63. The number of aromatic nitrogens is 1. The van der Waals surface area contributed by atoms with Gasteiger partial charge in [-0.3, -0.25) is 4.79 Å². The van der Waals surface area contributed by atoms with Gasteiger partial charge in [0.1, 0.15) is 0 Å². The number of nitrogens with zero attached hydrogens (tertiary/aromatic N) is 1. The monoisotopic (exact) mass is 359 g/mol. The van der Waals surface area contributed by atoms with Gasteiger partial charge in [-0.1, -0.05) is 63.2 Å². The number of H-pyrrole nitrogens is 1. The molecule has 0 saturated heterocycles. The number of amides is 1. The highest BCUT2D eigenvalue weighted by molar-refractivity contribution is 5.99. The van der Waals surface area contributed by atoms with Crippen LogP contribution in [0.3, 0.4) is 0 Å². The summed E-state index contributed by atoms with van der Waals surface area (Å²) in [5, 5.41) is 5.25. The van der Waals surface area contributed by atoms with Crippen molar-refractivity contribution in [1.82, 2.24) is 10.4 Å². The van der Waals surface area contributed by atoms with Crippen LogP contribution < -0.4 is 5.43 Å². The molecule has 4 nitrogen and oxygen atoms in total. The molecule has 1 fully saturated rings. The highest BCUT2D eigenvalue weighted by Crippen LogP contribution is 2.47. The van der Waals surface area contributed by atoms with Crippen LogP contribution in [0.4, 0.5) is 0 Å². The summed E-state index contributed by atoms with van der Waals surface area (Å²) in [5.74, 6) is 0.323. The second-order valence-corrected chi connectivity index (χ2v) is 8.34. The third-order valence-electron chi connectivity index (χ3n) is 5.33. The first-order valence-corrected chi connectivity index (χ1v) is 9.43. The molecule has 1 aliphatic carbocycles. The lowest BCUT2D eigenvalue weighted by atomic mass is 9.86. The van der Waals surface area contributed by atoms with Crippen LogP contribution in [-0.2, 0) is 10.2 Å². The third kappa shape index (κ3) is 3.65. The Morgan fingerprint density at radius 1 is 1.15 bits per heavy atom. The van der Waals surface area contributed by atoms with Crippen molar-refractivity contribution in [2.75, 3.05) is 0 Å². The van der Waals surface area contributed by atoms with E-state index in [4.69, 9.17) is 0 Å². The number of hydrazone groups is 1. The predicted molar refractivity (Wildman–Crippen MR) is 110 cm³/mol. The fourth-order valence-corrected chi connectivity index (χ4v) is 3.53. The summed E-state index contributed by atoms with van der Waals surface area (Å²) >= 11 is 0. The SMILES string of the molecule is CC(C)(C)c1ccc([C@@H]2C[C@@H]2C(=O)N/N=C\c2c[nH]c3ccccc23)cc1. The second-order valence-electron chi connectivity index (χ2n) is 8.34. The van der Waals surface area contributed by atoms with Gasteiger partial charge in [-0.15, -0.1) is 0 Å². The van der Waals surface area contributed by atoms with Crippen LogP contribution in [0.15, 0.2) is 59.8 Å². The van der Waals surface area contributed by atoms with Crippen LogP contribution in [0.25, 0.3) is 10.9 Å². The van der Waals surface area contributed by atoms with Gasteiger partial charge in [0.25, 0.3) is 0 Å². The van der Waals surface area contributed by atoms with E-state index in [1.54, 1.807) is 6.21 Å². The summed E-state index contributed by atoms with van der Waals surface area (Å²) in [6, 6.07) is 16.7. The first kappa shape index (κ1) is 17.5. The lowest BCUT2D eigenvalue weighted by Gasteiger charge is -2.19. The number of rotatable bonds is 4. The first-order valence-electron chi connectivity index (χ1n) is 9.43. The molecule has 0 radical (unpaired) electrons. The van der Waals surface area contributed by atoms with Gasteiger partial charge in [0.2, 0.25) is 5.91 Å². The number of aromatic amines is 1. The van der Waals surface area contributed by atoms with Crippen molar-refractivity contribution in [3.05, 3.63) is 71.4 Å². The fraction of sp³-hybridized carbons (Fsp3) is 0.304. The maximum atomic E-state index is 12.4. The van der Waals surface area contributed by atoms with E-state index in [2.05, 4.69) is 60.5 Å². The van der Waals surface area contributed by atoms with Crippen LogP contribution in [0.5, 0.6) is 0 Å². The predicted octanol–water partition coefficient (Wildman–Crippen LogP) is 4.72. The maximum Gasteiger partial charge on any atom is 0.243 e. The number of nitrogens with one attached hydrogen (secondary N) is 2. The highest BCUT2D eigenvalue weighted by Gasteiger charge is 2.44. The van der Waals surface area contributed by atoms with E-state index >= 15 is 0 Å². The standard InChI is InChI=1S/C23H25N3O/c1-23(2,3)17-10-8-15(9-11-17)19-12-20(19)22(27)26-25-14-16-13-24-21-7-5-4-6-18(16)21/h4-11,13-14,19-20,24H,12H2,1-3H3,(H,26,27)/b25-14-/t19-,20-/m0/s1. The summed E-state index contributed by atoms with van der Waals surface area (Å²) in [7, 11) is 0. The van der Waals surface area contributed by atoms with Crippen molar-refractivity contribution < 1.29 is 4.79 Å². The Morgan fingerprint density at radius 2 is 1.89 bits per heavy atom. The molecule has 0 unspecified atom stereocenters. The zero-order valence-corrected chi connectivity index (χ0v) is 16.0. The van der Waals surface area contributed by atoms with Crippen LogP contribution in [0.1, 0.15) is 49.8 Å². The Labute approximate surface area is 159 Å². The van der Waals surface area contributed by atoms with E-state index in [-0.39, 0.29) is 17.2 Å². The minimum atomic E-state index is -0.00371. The molecule has 3 aromatic rings. The molecule has 1 heterocycles. The molecule has 138 valence electrons. The lowest BCUT2D eigenvalue weighted by molar-refractivity contribution is -0.122. The van der Waals surface area contributed by atoms with Gasteiger partial charge in [0, 0.05) is 28.6 Å². The molecule has 2 N–H and O–H groups in total. The molecule has 0 spiro atoms. The van der Waals surface area contributed by atoms with E-state index in [9.17, 15) is 4.79 Å². The summed E-state index contributed by atoms with van der Waals surface area (Å²) < 4.78 is 0. The number of benzene rings is 2. The summed E-state index contributed by atoms with van der Waals surface area (Å²) in [4.78, 5) is 15.6. The molecule has 1 aliphatic rings. The zero-order chi connectivity index (χ0) is 19.0. The molecular formula is C23H25N3O. The van der Waals surface area contributed by atoms with Crippen LogP contribution >= 0.6 is 0 Å². The van der Waals surface area contributed by atoms with Gasteiger partial charge in [-0.2, -0.15) is 5.10 Å². The van der Waals surface area contributed by atoms with Gasteiger partial charge >= 0.3 is 0 Å². The average Bonchev–Trinajstić information content (AvgIpc) is 3.36. The Hall–Kier alpha value is -2.88. The highest BCUT2D eigenvalue weighted by atomic mass is 16.2. The van der Waals surface area contributed by atoms with Crippen molar-refractivity contribution in [1.29, 1.82) is 0 Å². The Kier molecular flexibility index (Phi) is 4.34. The van der Waals surface area contributed by atoms with Gasteiger partial charge in [0.05, 0.1) is 6.21 Å². The van der Waals surface area contributed by atoms with E-state index < -0.39 is 0 Å². The minimum Gasteiger partial charge on any atom is -0.361 e. The molecule has 2 aromatic carbocycles. The largest absolute Gasteiger partial charge is 0.361 e. The first-order chi connectivity index (χ1) is 12.9. The summed E-state index contributed by atoms with van der Waals surface area (Å²) in [6.07, 6.45) is 4.49. The fourth-order valence-electron chi connectivity index (χ4n) is 3.53. The molecule has 0 bridgehead atoms. The molecule has 2 atom stereocenters. The number of carbonyl (C=O) groups is 1. The molecule has 1 aromatic heterocycles. The van der Waals surface area contributed by atoms with Crippen LogP contribution in [0, 0.1) is 5.92 Å². The zero-order valence-electron chi connectivity index (χ0n) is 16.0. The van der Waals surface area contributed by atoms with E-state index in [1.807, 2.05) is 30.5 Å². The Bertz CT molecular complexity index is 992. The molecule has 27 heavy (non-hydrogen) atoms. The number of hydrogen-bond donors (Lipinski definition) is 2. The molecule has 4 heteroatoms. The topological polar surface area (TPSA) is 57.2 Å². The minimum absolute atomic E-state index is 0.00371. The van der Waals surface area contributed by atoms with E-state index in [0.29, 0.717) is 5.92 Å². The number of carbonyl (C=O) groups excluding carboxylic acids is 1. The van der Waals surface area contributed by atoms with Crippen molar-refractivity contribution >= 4 is 23.0 Å². The second kappa shape index (κ2) is 6.69. The van der Waals surface area contributed by atoms with Crippen molar-refractivity contribution in [2.45, 2.75) is 38.5 Å². The number of fused-ring (bicyclic) bond motifs is 1. The Morgan fingerprint density at radius 3 is 2.63 bits per heavy atom. The summed E-state index contributed by atoms with van der Waals surface area (Å²) in [5.41, 5.74) is 7.43.